The molecule has 2 saturated heterocycles. The highest BCUT2D eigenvalue weighted by Gasteiger charge is 2.48. The quantitative estimate of drug-likeness (QED) is 0.213. The largest absolute Gasteiger partial charge is 0.493 e. The number of hydrogen-bond acceptors (Lipinski definition) is 7. The fraction of sp³-hybridized carbons (Fsp3) is 0.487. The predicted molar refractivity (Wildman–Crippen MR) is 205 cm³/mol. The monoisotopic (exact) mass is 770 g/mol. The molecule has 2 fully saturated rings. The first kappa shape index (κ1) is 38.2. The van der Waals surface area contributed by atoms with Crippen LogP contribution >= 0.6 is 23.2 Å². The maximum atomic E-state index is 14.3. The normalized spacial score (nSPS) is 19.2. The third-order valence-corrected chi connectivity index (χ3v) is 14.1. The van der Waals surface area contributed by atoms with E-state index < -0.39 is 16.3 Å². The third-order valence-electron chi connectivity index (χ3n) is 11.3. The number of fused-ring (bicyclic) bond motifs is 2. The van der Waals surface area contributed by atoms with Crippen molar-refractivity contribution in [3.63, 3.8) is 0 Å². The minimum atomic E-state index is -1.00. The zero-order valence-corrected chi connectivity index (χ0v) is 32.9. The predicted octanol–water partition coefficient (Wildman–Crippen LogP) is 6.78. The average molecular weight is 772 g/mol. The van der Waals surface area contributed by atoms with Crippen molar-refractivity contribution >= 4 is 45.9 Å². The van der Waals surface area contributed by atoms with Crippen LogP contribution in [0.1, 0.15) is 59.2 Å². The Morgan fingerprint density at radius 3 is 2.15 bits per heavy atom. The van der Waals surface area contributed by atoms with Crippen molar-refractivity contribution in [3.05, 3.63) is 86.9 Å². The summed E-state index contributed by atoms with van der Waals surface area (Å²) in [5, 5.41) is 0.771. The molecule has 3 amide bonds. The van der Waals surface area contributed by atoms with E-state index in [2.05, 4.69) is 17.0 Å². The van der Waals surface area contributed by atoms with Crippen LogP contribution in [0.4, 0.5) is 4.79 Å². The lowest BCUT2D eigenvalue weighted by molar-refractivity contribution is 0.0476. The van der Waals surface area contributed by atoms with Crippen LogP contribution in [0.2, 0.25) is 10.0 Å². The SMILES string of the molecule is COc1cc(C(=O)N(C)CC(CCN2CCC3(CC2)c2ccccc2CS3=O)(c2ccc(Cl)c(Cl)c2)N(C)C(=O)N2CCCC2)cc(OC)c1OC. The summed E-state index contributed by atoms with van der Waals surface area (Å²) in [6.07, 6.45) is 3.97. The number of piperidine rings is 1. The number of methoxy groups -OCH3 is 3. The number of likely N-dealkylation sites (tertiary alicyclic amines) is 2. The zero-order chi connectivity index (χ0) is 37.2. The van der Waals surface area contributed by atoms with E-state index in [1.54, 1.807) is 35.0 Å². The van der Waals surface area contributed by atoms with Gasteiger partial charge in [0.25, 0.3) is 5.91 Å². The number of hydrogen-bond donors (Lipinski definition) is 0. The summed E-state index contributed by atoms with van der Waals surface area (Å²) in [5.41, 5.74) is 2.54. The number of urea groups is 1. The van der Waals surface area contributed by atoms with Gasteiger partial charge in [-0.2, -0.15) is 0 Å². The maximum Gasteiger partial charge on any atom is 0.320 e. The van der Waals surface area contributed by atoms with Gasteiger partial charge in [0.15, 0.2) is 11.5 Å². The van der Waals surface area contributed by atoms with E-state index in [4.69, 9.17) is 37.4 Å². The summed E-state index contributed by atoms with van der Waals surface area (Å²) in [5.74, 6) is 1.44. The molecule has 3 aromatic rings. The van der Waals surface area contributed by atoms with Crippen molar-refractivity contribution in [3.8, 4) is 17.2 Å². The van der Waals surface area contributed by atoms with Crippen molar-refractivity contribution in [2.24, 2.45) is 0 Å². The summed E-state index contributed by atoms with van der Waals surface area (Å²) in [7, 11) is 7.13. The summed E-state index contributed by atoms with van der Waals surface area (Å²) in [6.45, 7) is 3.67. The van der Waals surface area contributed by atoms with Gasteiger partial charge in [0.1, 0.15) is 0 Å². The average Bonchev–Trinajstić information content (AvgIpc) is 3.80. The molecule has 3 aromatic carbocycles. The maximum absolute atomic E-state index is 14.3. The zero-order valence-electron chi connectivity index (χ0n) is 30.6. The van der Waals surface area contributed by atoms with Gasteiger partial charge in [-0.25, -0.2) is 4.79 Å². The Morgan fingerprint density at radius 1 is 0.885 bits per heavy atom. The van der Waals surface area contributed by atoms with Crippen LogP contribution in [0.3, 0.4) is 0 Å². The fourth-order valence-corrected chi connectivity index (χ4v) is 10.4. The number of carbonyl (C=O) groups excluding carboxylic acids is 2. The van der Waals surface area contributed by atoms with Gasteiger partial charge in [0.2, 0.25) is 5.75 Å². The summed E-state index contributed by atoms with van der Waals surface area (Å²) < 4.78 is 29.8. The Bertz CT molecular complexity index is 1800. The second kappa shape index (κ2) is 15.8. The Hall–Kier alpha value is -3.51. The molecule has 13 heteroatoms. The smallest absolute Gasteiger partial charge is 0.320 e. The number of rotatable bonds is 11. The molecule has 3 aliphatic rings. The standard InChI is InChI=1S/C39H48Cl2N4O6S/c1-42(36(46)28-22-33(49-3)35(51-5)34(23-28)50-4)26-38(29-12-13-31(40)32(41)24-29,43(2)37(47)45-17-8-9-18-45)14-19-44-20-15-39(16-21-44)30-11-7-6-10-27(30)25-52(39)48/h6-7,10-13,22-24H,8-9,14-21,25-26H2,1-5H3. The minimum Gasteiger partial charge on any atom is -0.493 e. The van der Waals surface area contributed by atoms with E-state index >= 15 is 0 Å². The number of nitrogens with zero attached hydrogens (tertiary/aromatic N) is 4. The Balaban J connectivity index is 1.34. The van der Waals surface area contributed by atoms with Gasteiger partial charge in [0, 0.05) is 62.4 Å². The van der Waals surface area contributed by atoms with Crippen molar-refractivity contribution < 1.29 is 28.0 Å². The number of carbonyl (C=O) groups is 2. The van der Waals surface area contributed by atoms with Crippen LogP contribution < -0.4 is 14.2 Å². The van der Waals surface area contributed by atoms with E-state index in [1.807, 2.05) is 36.2 Å². The van der Waals surface area contributed by atoms with E-state index in [0.29, 0.717) is 64.7 Å². The first-order valence-corrected chi connectivity index (χ1v) is 19.8. The minimum absolute atomic E-state index is 0.104. The van der Waals surface area contributed by atoms with Crippen molar-refractivity contribution in [2.45, 2.75) is 48.1 Å². The van der Waals surface area contributed by atoms with E-state index in [9.17, 15) is 13.8 Å². The molecule has 280 valence electrons. The molecular weight excluding hydrogens is 723 g/mol. The highest BCUT2D eigenvalue weighted by Crippen LogP contribution is 2.47. The van der Waals surface area contributed by atoms with E-state index in [0.717, 1.165) is 44.3 Å². The number of halogens is 2. The van der Waals surface area contributed by atoms with Gasteiger partial charge in [-0.05, 0) is 86.1 Å². The van der Waals surface area contributed by atoms with Crippen LogP contribution in [0.25, 0.3) is 0 Å². The molecular formula is C39H48Cl2N4O6S. The van der Waals surface area contributed by atoms with Crippen molar-refractivity contribution in [1.82, 2.24) is 19.6 Å². The van der Waals surface area contributed by atoms with Gasteiger partial charge >= 0.3 is 6.03 Å². The molecule has 3 aliphatic heterocycles. The van der Waals surface area contributed by atoms with Crippen LogP contribution in [0.5, 0.6) is 17.2 Å². The molecule has 52 heavy (non-hydrogen) atoms. The summed E-state index contributed by atoms with van der Waals surface area (Å²) in [4.78, 5) is 36.4. The van der Waals surface area contributed by atoms with Crippen LogP contribution in [-0.4, -0.2) is 110 Å². The van der Waals surface area contributed by atoms with Gasteiger partial charge < -0.3 is 33.8 Å². The van der Waals surface area contributed by atoms with Crippen molar-refractivity contribution in [1.29, 1.82) is 0 Å². The first-order valence-electron chi connectivity index (χ1n) is 17.7. The second-order valence-corrected chi connectivity index (χ2v) is 16.6. The van der Waals surface area contributed by atoms with E-state index in [-0.39, 0.29) is 23.2 Å². The molecule has 1 spiro atoms. The second-order valence-electron chi connectivity index (χ2n) is 14.0. The number of ether oxygens (including phenoxy) is 3. The number of amides is 3. The fourth-order valence-electron chi connectivity index (χ4n) is 8.23. The topological polar surface area (TPSA) is 91.9 Å². The molecule has 0 saturated carbocycles. The van der Waals surface area contributed by atoms with E-state index in [1.165, 1.54) is 32.5 Å². The lowest BCUT2D eigenvalue weighted by atomic mass is 9.82. The van der Waals surface area contributed by atoms with Crippen molar-refractivity contribution in [2.75, 3.05) is 74.7 Å². The Morgan fingerprint density at radius 2 is 1.54 bits per heavy atom. The highest BCUT2D eigenvalue weighted by atomic mass is 35.5. The van der Waals surface area contributed by atoms with Gasteiger partial charge in [-0.1, -0.05) is 53.5 Å². The molecule has 2 unspecified atom stereocenters. The first-order chi connectivity index (χ1) is 25.0. The molecule has 0 aliphatic carbocycles. The molecule has 6 rings (SSSR count). The summed E-state index contributed by atoms with van der Waals surface area (Å²) >= 11 is 13.1. The molecule has 0 aromatic heterocycles. The Kier molecular flexibility index (Phi) is 11.6. The van der Waals surface area contributed by atoms with Gasteiger partial charge in [-0.3, -0.25) is 9.00 Å². The number of likely N-dealkylation sites (N-methyl/N-ethyl adjacent to an activating group) is 2. The molecule has 0 radical (unpaired) electrons. The lowest BCUT2D eigenvalue weighted by Gasteiger charge is -2.47. The molecule has 10 nitrogen and oxygen atoms in total. The van der Waals surface area contributed by atoms with Gasteiger partial charge in [-0.15, -0.1) is 0 Å². The Labute approximate surface area is 319 Å². The van der Waals surface area contributed by atoms with Crippen LogP contribution in [-0.2, 0) is 26.8 Å². The lowest BCUT2D eigenvalue weighted by Crippen LogP contribution is -2.58. The van der Waals surface area contributed by atoms with Crippen LogP contribution in [0, 0.1) is 0 Å². The van der Waals surface area contributed by atoms with Gasteiger partial charge in [0.05, 0.1) is 41.7 Å². The molecule has 3 heterocycles. The van der Waals surface area contributed by atoms with Crippen LogP contribution in [0.15, 0.2) is 54.6 Å². The third kappa shape index (κ3) is 7.09. The molecule has 0 N–H and O–H groups in total. The highest BCUT2D eigenvalue weighted by molar-refractivity contribution is 7.85. The molecule has 0 bridgehead atoms. The number of benzene rings is 3. The molecule has 2 atom stereocenters. The summed E-state index contributed by atoms with van der Waals surface area (Å²) in [6, 6.07) is 17.0.